The minimum atomic E-state index is -0.459. The number of aromatic nitrogens is 1. The normalized spacial score (nSPS) is 10.2. The molecule has 1 aromatic carbocycles. The zero-order valence-electron chi connectivity index (χ0n) is 11.1. The van der Waals surface area contributed by atoms with Gasteiger partial charge in [-0.2, -0.15) is 0 Å². The minimum Gasteiger partial charge on any atom is -0.439 e. The lowest BCUT2D eigenvalue weighted by molar-refractivity contribution is -0.384. The molecular formula is C14H15N3O3. The molecule has 2 rings (SSSR count). The molecule has 0 saturated carbocycles. The Balaban J connectivity index is 2.06. The first kappa shape index (κ1) is 14.0. The number of ether oxygens (including phenoxy) is 1. The van der Waals surface area contributed by atoms with Gasteiger partial charge in [-0.3, -0.25) is 10.1 Å². The quantitative estimate of drug-likeness (QED) is 0.646. The predicted octanol–water partition coefficient (Wildman–Crippen LogP) is 2.89. The third-order valence-electron chi connectivity index (χ3n) is 2.63. The Bertz CT molecular complexity index is 584. The zero-order chi connectivity index (χ0) is 14.4. The van der Waals surface area contributed by atoms with E-state index in [-0.39, 0.29) is 5.69 Å². The second kappa shape index (κ2) is 6.63. The van der Waals surface area contributed by atoms with E-state index in [1.54, 1.807) is 24.4 Å². The second-order valence-corrected chi connectivity index (χ2v) is 4.14. The monoisotopic (exact) mass is 273 g/mol. The number of rotatable bonds is 6. The van der Waals surface area contributed by atoms with Gasteiger partial charge in [-0.15, -0.1) is 0 Å². The number of hydrogen-bond donors (Lipinski definition) is 1. The summed E-state index contributed by atoms with van der Waals surface area (Å²) >= 11 is 0. The molecule has 1 aromatic heterocycles. The van der Waals surface area contributed by atoms with Gasteiger partial charge in [0.25, 0.3) is 5.69 Å². The maximum atomic E-state index is 10.7. The molecule has 0 amide bonds. The molecule has 1 N–H and O–H groups in total. The van der Waals surface area contributed by atoms with Gasteiger partial charge >= 0.3 is 0 Å². The number of hydrogen-bond acceptors (Lipinski definition) is 5. The van der Waals surface area contributed by atoms with E-state index < -0.39 is 4.92 Å². The van der Waals surface area contributed by atoms with Crippen molar-refractivity contribution < 1.29 is 9.66 Å². The number of non-ortho nitro benzene ring substituents is 1. The molecule has 0 atom stereocenters. The fourth-order valence-electron chi connectivity index (χ4n) is 1.63. The fraction of sp³-hybridized carbons (Fsp3) is 0.214. The average Bonchev–Trinajstić information content (AvgIpc) is 2.47. The van der Waals surface area contributed by atoms with Gasteiger partial charge in [0.15, 0.2) is 0 Å². The minimum absolute atomic E-state index is 0.00809. The van der Waals surface area contributed by atoms with E-state index in [0.717, 1.165) is 18.7 Å². The first-order valence-corrected chi connectivity index (χ1v) is 6.27. The van der Waals surface area contributed by atoms with Crippen molar-refractivity contribution in [1.82, 2.24) is 10.3 Å². The highest BCUT2D eigenvalue weighted by Gasteiger charge is 2.07. The molecule has 2 aromatic rings. The summed E-state index contributed by atoms with van der Waals surface area (Å²) < 4.78 is 5.49. The Morgan fingerprint density at radius 1 is 1.35 bits per heavy atom. The predicted molar refractivity (Wildman–Crippen MR) is 74.8 cm³/mol. The van der Waals surface area contributed by atoms with Crippen LogP contribution in [-0.4, -0.2) is 16.5 Å². The lowest BCUT2D eigenvalue weighted by Crippen LogP contribution is -2.11. The summed E-state index contributed by atoms with van der Waals surface area (Å²) in [7, 11) is 0. The van der Waals surface area contributed by atoms with Gasteiger partial charge in [-0.25, -0.2) is 4.98 Å². The van der Waals surface area contributed by atoms with Crippen molar-refractivity contribution in [3.8, 4) is 11.6 Å². The van der Waals surface area contributed by atoms with Crippen LogP contribution in [0.1, 0.15) is 12.5 Å². The van der Waals surface area contributed by atoms with Crippen LogP contribution in [0.4, 0.5) is 5.69 Å². The van der Waals surface area contributed by atoms with Gasteiger partial charge in [0.05, 0.1) is 11.0 Å². The van der Waals surface area contributed by atoms with Crippen molar-refractivity contribution in [2.24, 2.45) is 0 Å². The van der Waals surface area contributed by atoms with Gasteiger partial charge in [-0.1, -0.05) is 19.1 Å². The maximum Gasteiger partial charge on any atom is 0.273 e. The van der Waals surface area contributed by atoms with Crippen LogP contribution in [0.3, 0.4) is 0 Å². The molecule has 0 aliphatic rings. The maximum absolute atomic E-state index is 10.7. The smallest absolute Gasteiger partial charge is 0.273 e. The van der Waals surface area contributed by atoms with Gasteiger partial charge < -0.3 is 10.1 Å². The van der Waals surface area contributed by atoms with Crippen LogP contribution in [0, 0.1) is 10.1 Å². The standard InChI is InChI=1S/C14H15N3O3/c1-2-15-9-11-6-7-14(16-10-11)20-13-5-3-4-12(8-13)17(18)19/h3-8,10,15H,2,9H2,1H3. The largest absolute Gasteiger partial charge is 0.439 e. The SMILES string of the molecule is CCNCc1ccc(Oc2cccc([N+](=O)[O-])c2)nc1. The van der Waals surface area contributed by atoms with Crippen LogP contribution in [0.25, 0.3) is 0 Å². The van der Waals surface area contributed by atoms with Gasteiger partial charge in [0.2, 0.25) is 5.88 Å². The summed E-state index contributed by atoms with van der Waals surface area (Å²) in [5, 5.41) is 13.9. The number of nitrogens with zero attached hydrogens (tertiary/aromatic N) is 2. The number of nitro groups is 1. The van der Waals surface area contributed by atoms with Crippen LogP contribution in [-0.2, 0) is 6.54 Å². The van der Waals surface area contributed by atoms with Crippen LogP contribution >= 0.6 is 0 Å². The first-order valence-electron chi connectivity index (χ1n) is 6.27. The molecule has 0 fully saturated rings. The number of pyridine rings is 1. The van der Waals surface area contributed by atoms with Gasteiger partial charge in [-0.05, 0) is 18.2 Å². The Kier molecular flexibility index (Phi) is 4.62. The zero-order valence-corrected chi connectivity index (χ0v) is 11.1. The number of benzene rings is 1. The van der Waals surface area contributed by atoms with Crippen LogP contribution in [0.15, 0.2) is 42.6 Å². The summed E-state index contributed by atoms with van der Waals surface area (Å²) in [5.41, 5.74) is 1.05. The third kappa shape index (κ3) is 3.76. The topological polar surface area (TPSA) is 77.3 Å². The molecule has 0 aliphatic carbocycles. The summed E-state index contributed by atoms with van der Waals surface area (Å²) in [6.45, 7) is 3.68. The fourth-order valence-corrected chi connectivity index (χ4v) is 1.63. The molecule has 104 valence electrons. The Morgan fingerprint density at radius 2 is 2.20 bits per heavy atom. The lowest BCUT2D eigenvalue weighted by atomic mass is 10.3. The van der Waals surface area contributed by atoms with E-state index in [1.165, 1.54) is 12.1 Å². The molecule has 6 heteroatoms. The van der Waals surface area contributed by atoms with E-state index >= 15 is 0 Å². The van der Waals surface area contributed by atoms with Crippen molar-refractivity contribution in [2.45, 2.75) is 13.5 Å². The molecule has 0 radical (unpaired) electrons. The summed E-state index contributed by atoms with van der Waals surface area (Å²) in [6.07, 6.45) is 1.72. The van der Waals surface area contributed by atoms with E-state index in [9.17, 15) is 10.1 Å². The molecular weight excluding hydrogens is 258 g/mol. The summed E-state index contributed by atoms with van der Waals surface area (Å²) in [4.78, 5) is 14.4. The lowest BCUT2D eigenvalue weighted by Gasteiger charge is -2.06. The van der Waals surface area contributed by atoms with Crippen molar-refractivity contribution in [2.75, 3.05) is 6.54 Å². The molecule has 20 heavy (non-hydrogen) atoms. The van der Waals surface area contributed by atoms with Crippen LogP contribution in [0.5, 0.6) is 11.6 Å². The van der Waals surface area contributed by atoms with E-state index in [4.69, 9.17) is 4.74 Å². The van der Waals surface area contributed by atoms with Crippen molar-refractivity contribution in [1.29, 1.82) is 0 Å². The van der Waals surface area contributed by atoms with Gasteiger partial charge in [0, 0.05) is 24.9 Å². The van der Waals surface area contributed by atoms with Crippen LogP contribution in [0.2, 0.25) is 0 Å². The van der Waals surface area contributed by atoms with Crippen molar-refractivity contribution >= 4 is 5.69 Å². The van der Waals surface area contributed by atoms with E-state index in [1.807, 2.05) is 13.0 Å². The molecule has 0 aliphatic heterocycles. The Morgan fingerprint density at radius 3 is 2.85 bits per heavy atom. The molecule has 6 nitrogen and oxygen atoms in total. The van der Waals surface area contributed by atoms with E-state index in [2.05, 4.69) is 10.3 Å². The third-order valence-corrected chi connectivity index (χ3v) is 2.63. The molecule has 0 bridgehead atoms. The van der Waals surface area contributed by atoms with Crippen molar-refractivity contribution in [3.05, 3.63) is 58.3 Å². The van der Waals surface area contributed by atoms with Crippen LogP contribution < -0.4 is 10.1 Å². The Labute approximate surface area is 116 Å². The number of nitrogens with one attached hydrogen (secondary N) is 1. The summed E-state index contributed by atoms with van der Waals surface area (Å²) in [5.74, 6) is 0.803. The highest BCUT2D eigenvalue weighted by molar-refractivity contribution is 5.39. The molecule has 0 saturated heterocycles. The Hall–Kier alpha value is -2.47. The average molecular weight is 273 g/mol. The summed E-state index contributed by atoms with van der Waals surface area (Å²) in [6, 6.07) is 9.66. The van der Waals surface area contributed by atoms with Crippen molar-refractivity contribution in [3.63, 3.8) is 0 Å². The highest BCUT2D eigenvalue weighted by Crippen LogP contribution is 2.23. The molecule has 0 unspecified atom stereocenters. The first-order chi connectivity index (χ1) is 9.69. The molecule has 1 heterocycles. The number of nitro benzene ring substituents is 1. The molecule has 0 spiro atoms. The van der Waals surface area contributed by atoms with Gasteiger partial charge in [0.1, 0.15) is 5.75 Å². The highest BCUT2D eigenvalue weighted by atomic mass is 16.6. The van der Waals surface area contributed by atoms with E-state index in [0.29, 0.717) is 11.6 Å². The second-order valence-electron chi connectivity index (χ2n) is 4.14.